The van der Waals surface area contributed by atoms with Gasteiger partial charge in [-0.25, -0.2) is 13.2 Å². The smallest absolute Gasteiger partial charge is 0.224 e. The van der Waals surface area contributed by atoms with Gasteiger partial charge >= 0.3 is 0 Å². The molecule has 0 radical (unpaired) electrons. The maximum Gasteiger partial charge on any atom is 0.224 e. The third-order valence-electron chi connectivity index (χ3n) is 5.63. The van der Waals surface area contributed by atoms with Crippen molar-refractivity contribution in [3.63, 3.8) is 0 Å². The molecule has 2 aliphatic heterocycles. The Kier molecular flexibility index (Phi) is 5.23. The Morgan fingerprint density at radius 3 is 2.43 bits per heavy atom. The standard InChI is InChI=1S/C21H22F3N3O3/c22-14-2-3-17(13-1-4-18(28)26-19(13)14)30-11-21(29)5-7-27(8-6-21)20-15(23)9-12(25)10-16(20)24/h2-3,9-10,29H,1,4-8,11,25H2,(H,26,28). The predicted molar refractivity (Wildman–Crippen MR) is 106 cm³/mol. The van der Waals surface area contributed by atoms with E-state index in [2.05, 4.69) is 5.32 Å². The lowest BCUT2D eigenvalue weighted by atomic mass is 9.91. The second-order valence-corrected chi connectivity index (χ2v) is 7.78. The molecule has 1 fully saturated rings. The van der Waals surface area contributed by atoms with E-state index in [-0.39, 0.29) is 61.9 Å². The molecule has 2 aromatic carbocycles. The van der Waals surface area contributed by atoms with Gasteiger partial charge in [0.05, 0.1) is 5.69 Å². The first-order valence-electron chi connectivity index (χ1n) is 9.72. The minimum absolute atomic E-state index is 0.00878. The second kappa shape index (κ2) is 7.71. The van der Waals surface area contributed by atoms with Crippen molar-refractivity contribution in [2.24, 2.45) is 0 Å². The number of nitrogens with two attached hydrogens (primary N) is 1. The number of anilines is 3. The summed E-state index contributed by atoms with van der Waals surface area (Å²) in [6, 6.07) is 4.82. The monoisotopic (exact) mass is 421 g/mol. The Hall–Kier alpha value is -2.94. The molecular weight excluding hydrogens is 399 g/mol. The molecule has 1 amide bonds. The van der Waals surface area contributed by atoms with Crippen LogP contribution in [0.5, 0.6) is 5.75 Å². The van der Waals surface area contributed by atoms with Gasteiger partial charge in [0.15, 0.2) is 11.6 Å². The zero-order valence-electron chi connectivity index (χ0n) is 16.2. The SMILES string of the molecule is Nc1cc(F)c(N2CCC(O)(COc3ccc(F)c4c3CCC(=O)N4)CC2)c(F)c1. The molecule has 0 bridgehead atoms. The van der Waals surface area contributed by atoms with Crippen molar-refractivity contribution in [1.29, 1.82) is 0 Å². The topological polar surface area (TPSA) is 87.8 Å². The van der Waals surface area contributed by atoms with Crippen LogP contribution < -0.4 is 20.7 Å². The summed E-state index contributed by atoms with van der Waals surface area (Å²) in [6.45, 7) is 0.407. The first-order chi connectivity index (χ1) is 14.3. The third-order valence-corrected chi connectivity index (χ3v) is 5.63. The van der Waals surface area contributed by atoms with Crippen LogP contribution in [0.4, 0.5) is 30.2 Å². The van der Waals surface area contributed by atoms with Gasteiger partial charge in [-0.05, 0) is 43.5 Å². The summed E-state index contributed by atoms with van der Waals surface area (Å²) in [6.07, 6.45) is 1.04. The van der Waals surface area contributed by atoms with E-state index in [0.29, 0.717) is 17.7 Å². The van der Waals surface area contributed by atoms with Gasteiger partial charge in [-0.2, -0.15) is 0 Å². The van der Waals surface area contributed by atoms with Gasteiger partial charge in [0.25, 0.3) is 0 Å². The highest BCUT2D eigenvalue weighted by Crippen LogP contribution is 2.35. The molecule has 0 aromatic heterocycles. The van der Waals surface area contributed by atoms with Crippen molar-refractivity contribution in [1.82, 2.24) is 0 Å². The molecule has 30 heavy (non-hydrogen) atoms. The number of hydrogen-bond donors (Lipinski definition) is 3. The molecule has 0 saturated carbocycles. The van der Waals surface area contributed by atoms with Crippen LogP contribution in [-0.2, 0) is 11.2 Å². The molecule has 160 valence electrons. The van der Waals surface area contributed by atoms with E-state index >= 15 is 0 Å². The minimum atomic E-state index is -1.20. The number of ether oxygens (including phenoxy) is 1. The zero-order valence-corrected chi connectivity index (χ0v) is 16.2. The normalized spacial score (nSPS) is 18.0. The summed E-state index contributed by atoms with van der Waals surface area (Å²) in [5.41, 5.74) is 4.78. The molecule has 9 heteroatoms. The summed E-state index contributed by atoms with van der Waals surface area (Å²) in [5.74, 6) is -1.88. The average Bonchev–Trinajstić information content (AvgIpc) is 2.69. The minimum Gasteiger partial charge on any atom is -0.490 e. The third kappa shape index (κ3) is 3.89. The lowest BCUT2D eigenvalue weighted by molar-refractivity contribution is -0.116. The van der Waals surface area contributed by atoms with E-state index in [1.807, 2.05) is 0 Å². The number of carbonyl (C=O) groups is 1. The number of carbonyl (C=O) groups excluding carboxylic acids is 1. The first-order valence-corrected chi connectivity index (χ1v) is 9.72. The quantitative estimate of drug-likeness (QED) is 0.661. The molecule has 0 unspecified atom stereocenters. The van der Waals surface area contributed by atoms with Gasteiger partial charge in [0.2, 0.25) is 5.91 Å². The van der Waals surface area contributed by atoms with Gasteiger partial charge in [-0.3, -0.25) is 4.79 Å². The number of rotatable bonds is 4. The fraction of sp³-hybridized carbons (Fsp3) is 0.381. The number of nitrogens with zero attached hydrogens (tertiary/aromatic N) is 1. The number of aliphatic hydroxyl groups is 1. The fourth-order valence-corrected chi connectivity index (χ4v) is 3.95. The molecule has 2 heterocycles. The van der Waals surface area contributed by atoms with E-state index < -0.39 is 23.1 Å². The summed E-state index contributed by atoms with van der Waals surface area (Å²) < 4.78 is 48.1. The van der Waals surface area contributed by atoms with Crippen LogP contribution in [0.15, 0.2) is 24.3 Å². The molecule has 2 aromatic rings. The maximum absolute atomic E-state index is 14.2. The number of benzene rings is 2. The zero-order chi connectivity index (χ0) is 21.5. The van der Waals surface area contributed by atoms with Crippen LogP contribution in [0.3, 0.4) is 0 Å². The van der Waals surface area contributed by atoms with E-state index in [4.69, 9.17) is 10.5 Å². The summed E-state index contributed by atoms with van der Waals surface area (Å²) in [4.78, 5) is 13.1. The van der Waals surface area contributed by atoms with E-state index in [1.54, 1.807) is 0 Å². The van der Waals surface area contributed by atoms with Gasteiger partial charge in [0, 0.05) is 30.8 Å². The van der Waals surface area contributed by atoms with Gasteiger partial charge in [0.1, 0.15) is 29.5 Å². The molecular formula is C21H22F3N3O3. The molecule has 1 saturated heterocycles. The highest BCUT2D eigenvalue weighted by atomic mass is 19.1. The Balaban J connectivity index is 1.43. The summed E-state index contributed by atoms with van der Waals surface area (Å²) >= 11 is 0. The largest absolute Gasteiger partial charge is 0.490 e. The van der Waals surface area contributed by atoms with Crippen molar-refractivity contribution >= 4 is 23.0 Å². The van der Waals surface area contributed by atoms with Gasteiger partial charge < -0.3 is 25.8 Å². The number of nitrogens with one attached hydrogen (secondary N) is 1. The number of amides is 1. The van der Waals surface area contributed by atoms with E-state index in [1.165, 1.54) is 17.0 Å². The van der Waals surface area contributed by atoms with Crippen molar-refractivity contribution in [3.8, 4) is 5.75 Å². The Labute approximate surface area is 171 Å². The van der Waals surface area contributed by atoms with Crippen LogP contribution in [-0.4, -0.2) is 36.3 Å². The van der Waals surface area contributed by atoms with Gasteiger partial charge in [-0.15, -0.1) is 0 Å². The number of hydrogen-bond acceptors (Lipinski definition) is 5. The van der Waals surface area contributed by atoms with E-state index in [9.17, 15) is 23.1 Å². The fourth-order valence-electron chi connectivity index (χ4n) is 3.95. The van der Waals surface area contributed by atoms with Crippen molar-refractivity contribution in [2.45, 2.75) is 31.3 Å². The second-order valence-electron chi connectivity index (χ2n) is 7.78. The summed E-state index contributed by atoms with van der Waals surface area (Å²) in [5, 5.41) is 13.4. The molecule has 0 spiro atoms. The molecule has 2 aliphatic rings. The van der Waals surface area contributed by atoms with Crippen LogP contribution in [0.2, 0.25) is 0 Å². The Morgan fingerprint density at radius 2 is 1.77 bits per heavy atom. The van der Waals surface area contributed by atoms with Gasteiger partial charge in [-0.1, -0.05) is 0 Å². The highest BCUT2D eigenvalue weighted by molar-refractivity contribution is 5.94. The van der Waals surface area contributed by atoms with Crippen LogP contribution in [0, 0.1) is 17.5 Å². The van der Waals surface area contributed by atoms with E-state index in [0.717, 1.165) is 12.1 Å². The van der Waals surface area contributed by atoms with Crippen LogP contribution >= 0.6 is 0 Å². The average molecular weight is 421 g/mol. The van der Waals surface area contributed by atoms with Crippen molar-refractivity contribution in [3.05, 3.63) is 47.3 Å². The molecule has 0 atom stereocenters. The van der Waals surface area contributed by atoms with Crippen molar-refractivity contribution in [2.75, 3.05) is 35.6 Å². The van der Waals surface area contributed by atoms with Crippen LogP contribution in [0.25, 0.3) is 0 Å². The van der Waals surface area contributed by atoms with Crippen molar-refractivity contribution < 1.29 is 27.8 Å². The van der Waals surface area contributed by atoms with Crippen LogP contribution in [0.1, 0.15) is 24.8 Å². The number of fused-ring (bicyclic) bond motifs is 1. The lowest BCUT2D eigenvalue weighted by Gasteiger charge is -2.39. The molecule has 6 nitrogen and oxygen atoms in total. The Bertz CT molecular complexity index is 968. The lowest BCUT2D eigenvalue weighted by Crippen LogP contribution is -2.48. The molecule has 4 rings (SSSR count). The predicted octanol–water partition coefficient (Wildman–Crippen LogP) is 2.98. The molecule has 4 N–H and O–H groups in total. The number of halogens is 3. The summed E-state index contributed by atoms with van der Waals surface area (Å²) in [7, 11) is 0. The molecule has 0 aliphatic carbocycles. The maximum atomic E-state index is 14.2. The number of piperidine rings is 1. The number of nitrogen functional groups attached to an aromatic ring is 1. The first kappa shape index (κ1) is 20.3. The Morgan fingerprint density at radius 1 is 1.10 bits per heavy atom. The highest BCUT2D eigenvalue weighted by Gasteiger charge is 2.35.